The number of rotatable bonds is 3. The Labute approximate surface area is 96.7 Å². The zero-order chi connectivity index (χ0) is 12.2. The molecular weight excluding hydrogens is 239 g/mol. The second-order valence-electron chi connectivity index (χ2n) is 3.22. The minimum absolute atomic E-state index is 0.262. The van der Waals surface area contributed by atoms with Gasteiger partial charge in [-0.25, -0.2) is 0 Å². The average Bonchev–Trinajstić information content (AvgIpc) is 2.19. The molecule has 0 aliphatic rings. The maximum absolute atomic E-state index is 12.5. The first-order valence-electron chi connectivity index (χ1n) is 4.64. The Morgan fingerprint density at radius 1 is 1.31 bits per heavy atom. The van der Waals surface area contributed by atoms with Gasteiger partial charge in [0.2, 0.25) is 0 Å². The lowest BCUT2D eigenvalue weighted by atomic mass is 10.1. The van der Waals surface area contributed by atoms with Crippen molar-refractivity contribution in [3.05, 3.63) is 35.4 Å². The van der Waals surface area contributed by atoms with E-state index >= 15 is 0 Å². The number of alkyl halides is 4. The van der Waals surface area contributed by atoms with Crippen molar-refractivity contribution in [2.75, 3.05) is 11.6 Å². The van der Waals surface area contributed by atoms with Crippen LogP contribution in [0.3, 0.4) is 0 Å². The van der Waals surface area contributed by atoms with Gasteiger partial charge >= 0.3 is 6.18 Å². The Balaban J connectivity index is 2.99. The number of benzene rings is 1. The minimum Gasteiger partial charge on any atom is -0.398 e. The summed E-state index contributed by atoms with van der Waals surface area (Å²) in [6.07, 6.45) is -0.483. The van der Waals surface area contributed by atoms with Crippen LogP contribution in [0.4, 0.5) is 18.9 Å². The number of nitrogen functional groups attached to an aromatic ring is 1. The van der Waals surface area contributed by atoms with Crippen molar-refractivity contribution < 1.29 is 13.2 Å². The summed E-state index contributed by atoms with van der Waals surface area (Å²) in [5.74, 6) is 0.442. The van der Waals surface area contributed by atoms with Crippen LogP contribution in [-0.4, -0.2) is 5.88 Å². The molecule has 5 heteroatoms. The zero-order valence-corrected chi connectivity index (χ0v) is 9.15. The summed E-state index contributed by atoms with van der Waals surface area (Å²) in [6.45, 7) is 0. The summed E-state index contributed by atoms with van der Waals surface area (Å²) < 4.78 is 37.5. The van der Waals surface area contributed by atoms with Gasteiger partial charge in [0.05, 0.1) is 5.56 Å². The molecule has 0 heterocycles. The molecule has 1 aromatic carbocycles. The first-order chi connectivity index (χ1) is 7.45. The molecule has 0 aliphatic carbocycles. The third-order valence-corrected chi connectivity index (χ3v) is 2.19. The van der Waals surface area contributed by atoms with Gasteiger partial charge in [-0.15, -0.1) is 11.6 Å². The SMILES string of the molecule is Nc1ccc(C=CCCCl)cc1C(F)(F)F. The molecule has 16 heavy (non-hydrogen) atoms. The van der Waals surface area contributed by atoms with E-state index in [-0.39, 0.29) is 5.69 Å². The fourth-order valence-electron chi connectivity index (χ4n) is 1.21. The van der Waals surface area contributed by atoms with Gasteiger partial charge in [0.15, 0.2) is 0 Å². The molecule has 0 saturated carbocycles. The van der Waals surface area contributed by atoms with Crippen LogP contribution in [0.15, 0.2) is 24.3 Å². The van der Waals surface area contributed by atoms with Crippen LogP contribution in [0, 0.1) is 0 Å². The second-order valence-corrected chi connectivity index (χ2v) is 3.60. The van der Waals surface area contributed by atoms with E-state index in [2.05, 4.69) is 0 Å². The lowest BCUT2D eigenvalue weighted by molar-refractivity contribution is -0.136. The van der Waals surface area contributed by atoms with E-state index in [1.807, 2.05) is 0 Å². The first-order valence-corrected chi connectivity index (χ1v) is 5.18. The summed E-state index contributed by atoms with van der Waals surface area (Å²) in [6, 6.07) is 3.82. The molecule has 1 aromatic rings. The van der Waals surface area contributed by atoms with Crippen LogP contribution in [0.1, 0.15) is 17.5 Å². The van der Waals surface area contributed by atoms with Crippen molar-refractivity contribution in [1.29, 1.82) is 0 Å². The van der Waals surface area contributed by atoms with Crippen molar-refractivity contribution in [2.45, 2.75) is 12.6 Å². The number of hydrogen-bond donors (Lipinski definition) is 1. The first kappa shape index (κ1) is 12.9. The Hall–Kier alpha value is -1.16. The van der Waals surface area contributed by atoms with Crippen molar-refractivity contribution in [3.63, 3.8) is 0 Å². The molecule has 0 unspecified atom stereocenters. The topological polar surface area (TPSA) is 26.0 Å². The highest BCUT2D eigenvalue weighted by Gasteiger charge is 2.32. The van der Waals surface area contributed by atoms with Crippen molar-refractivity contribution in [1.82, 2.24) is 0 Å². The smallest absolute Gasteiger partial charge is 0.398 e. The van der Waals surface area contributed by atoms with Crippen molar-refractivity contribution in [2.24, 2.45) is 0 Å². The maximum atomic E-state index is 12.5. The average molecular weight is 250 g/mol. The monoisotopic (exact) mass is 249 g/mol. The molecule has 0 fully saturated rings. The third-order valence-electron chi connectivity index (χ3n) is 1.97. The van der Waals surface area contributed by atoms with Crippen LogP contribution in [-0.2, 0) is 6.18 Å². The quantitative estimate of drug-likeness (QED) is 0.637. The third kappa shape index (κ3) is 3.45. The van der Waals surface area contributed by atoms with Gasteiger partial charge in [-0.05, 0) is 24.1 Å². The molecule has 0 saturated heterocycles. The normalized spacial score (nSPS) is 12.2. The van der Waals surface area contributed by atoms with Gasteiger partial charge < -0.3 is 5.73 Å². The van der Waals surface area contributed by atoms with E-state index < -0.39 is 11.7 Å². The lowest BCUT2D eigenvalue weighted by Gasteiger charge is -2.10. The number of halogens is 4. The molecule has 0 bridgehead atoms. The summed E-state index contributed by atoms with van der Waals surface area (Å²) >= 11 is 5.45. The molecule has 88 valence electrons. The van der Waals surface area contributed by atoms with E-state index in [9.17, 15) is 13.2 Å². The van der Waals surface area contributed by atoms with Crippen molar-refractivity contribution >= 4 is 23.4 Å². The fraction of sp³-hybridized carbons (Fsp3) is 0.273. The Morgan fingerprint density at radius 3 is 2.56 bits per heavy atom. The van der Waals surface area contributed by atoms with Crippen molar-refractivity contribution in [3.8, 4) is 0 Å². The van der Waals surface area contributed by atoms with Gasteiger partial charge in [-0.1, -0.05) is 18.2 Å². The second kappa shape index (κ2) is 5.25. The molecule has 0 aliphatic heterocycles. The standard InChI is InChI=1S/C11H11ClF3N/c12-6-2-1-3-8-4-5-10(16)9(7-8)11(13,14)15/h1,3-5,7H,2,6,16H2. The predicted molar refractivity (Wildman–Crippen MR) is 60.2 cm³/mol. The van der Waals surface area contributed by atoms with Crippen LogP contribution < -0.4 is 5.73 Å². The molecule has 0 aromatic heterocycles. The lowest BCUT2D eigenvalue weighted by Crippen LogP contribution is -2.08. The van der Waals surface area contributed by atoms with Gasteiger partial charge in [0.1, 0.15) is 0 Å². The maximum Gasteiger partial charge on any atom is 0.418 e. The number of allylic oxidation sites excluding steroid dienone is 1. The van der Waals surface area contributed by atoms with Gasteiger partial charge in [0, 0.05) is 11.6 Å². The van der Waals surface area contributed by atoms with Crippen LogP contribution >= 0.6 is 11.6 Å². The van der Waals surface area contributed by atoms with Gasteiger partial charge in [0.25, 0.3) is 0 Å². The van der Waals surface area contributed by atoms with Crippen LogP contribution in [0.25, 0.3) is 6.08 Å². The summed E-state index contributed by atoms with van der Waals surface area (Å²) in [7, 11) is 0. The Kier molecular flexibility index (Phi) is 4.24. The summed E-state index contributed by atoms with van der Waals surface area (Å²) in [4.78, 5) is 0. The van der Waals surface area contributed by atoms with E-state index in [0.717, 1.165) is 6.07 Å². The molecule has 0 amide bonds. The highest BCUT2D eigenvalue weighted by Crippen LogP contribution is 2.34. The van der Waals surface area contributed by atoms with E-state index in [0.29, 0.717) is 17.9 Å². The summed E-state index contributed by atoms with van der Waals surface area (Å²) in [5.41, 5.74) is 4.66. The largest absolute Gasteiger partial charge is 0.418 e. The van der Waals surface area contributed by atoms with Gasteiger partial charge in [-0.3, -0.25) is 0 Å². The number of anilines is 1. The summed E-state index contributed by atoms with van der Waals surface area (Å²) in [5, 5.41) is 0. The van der Waals surface area contributed by atoms with E-state index in [1.165, 1.54) is 12.1 Å². The highest BCUT2D eigenvalue weighted by atomic mass is 35.5. The Morgan fingerprint density at radius 2 is 2.00 bits per heavy atom. The fourth-order valence-corrected chi connectivity index (χ4v) is 1.33. The van der Waals surface area contributed by atoms with E-state index in [4.69, 9.17) is 17.3 Å². The predicted octanol–water partition coefficient (Wildman–Crippen LogP) is 3.93. The number of nitrogens with two attached hydrogens (primary N) is 1. The molecule has 0 radical (unpaired) electrons. The minimum atomic E-state index is -4.42. The van der Waals surface area contributed by atoms with E-state index in [1.54, 1.807) is 12.2 Å². The molecule has 1 rings (SSSR count). The zero-order valence-electron chi connectivity index (χ0n) is 8.39. The Bertz CT molecular complexity index is 385. The molecule has 2 N–H and O–H groups in total. The van der Waals surface area contributed by atoms with Crippen LogP contribution in [0.2, 0.25) is 0 Å². The molecule has 0 atom stereocenters. The van der Waals surface area contributed by atoms with Gasteiger partial charge in [-0.2, -0.15) is 13.2 Å². The molecule has 0 spiro atoms. The molecular formula is C11H11ClF3N. The molecule has 1 nitrogen and oxygen atoms in total. The van der Waals surface area contributed by atoms with Crippen LogP contribution in [0.5, 0.6) is 0 Å². The highest BCUT2D eigenvalue weighted by molar-refractivity contribution is 6.17. The number of hydrogen-bond acceptors (Lipinski definition) is 1.